The number of nitrogens with one attached hydrogen (secondary N) is 1. The normalized spacial score (nSPS) is 12.0. The van der Waals surface area contributed by atoms with E-state index in [-0.39, 0.29) is 17.8 Å². The van der Waals surface area contributed by atoms with Crippen LogP contribution in [-0.4, -0.2) is 5.91 Å². The Bertz CT molecular complexity index is 668. The summed E-state index contributed by atoms with van der Waals surface area (Å²) in [6.07, 6.45) is 0. The first-order valence-electron chi connectivity index (χ1n) is 6.40. The summed E-state index contributed by atoms with van der Waals surface area (Å²) in [7, 11) is 0. The minimum absolute atomic E-state index is 0.203. The van der Waals surface area contributed by atoms with Crippen LogP contribution in [0.3, 0.4) is 0 Å². The van der Waals surface area contributed by atoms with E-state index in [1.54, 1.807) is 25.1 Å². The van der Waals surface area contributed by atoms with Crippen LogP contribution in [0.5, 0.6) is 0 Å². The van der Waals surface area contributed by atoms with Crippen molar-refractivity contribution in [1.29, 1.82) is 0 Å². The smallest absolute Gasteiger partial charge is 0.251 e. The highest BCUT2D eigenvalue weighted by atomic mass is 79.9. The second kappa shape index (κ2) is 6.71. The summed E-state index contributed by atoms with van der Waals surface area (Å²) in [5, 5.41) is 2.87. The monoisotopic (exact) mass is 413 g/mol. The van der Waals surface area contributed by atoms with E-state index >= 15 is 0 Å². The zero-order chi connectivity index (χ0) is 15.6. The van der Waals surface area contributed by atoms with Gasteiger partial charge in [-0.05, 0) is 49.2 Å². The predicted molar refractivity (Wildman–Crippen MR) is 88.9 cm³/mol. The molecule has 2 nitrogen and oxygen atoms in total. The van der Waals surface area contributed by atoms with Crippen molar-refractivity contribution >= 4 is 37.8 Å². The maximum atomic E-state index is 13.6. The summed E-state index contributed by atoms with van der Waals surface area (Å²) in [5.74, 6) is -0.468. The van der Waals surface area contributed by atoms with Crippen molar-refractivity contribution in [2.75, 3.05) is 0 Å². The minimum Gasteiger partial charge on any atom is -0.346 e. The molecule has 0 fully saturated rings. The van der Waals surface area contributed by atoms with Gasteiger partial charge in [-0.15, -0.1) is 0 Å². The summed E-state index contributed by atoms with van der Waals surface area (Å²) in [6.45, 7) is 3.54. The number of carbonyl (C=O) groups excluding carboxylic acids is 1. The molecule has 0 aliphatic carbocycles. The number of aryl methyl sites for hydroxylation is 1. The van der Waals surface area contributed by atoms with Gasteiger partial charge < -0.3 is 5.32 Å². The van der Waals surface area contributed by atoms with Crippen LogP contribution in [-0.2, 0) is 0 Å². The topological polar surface area (TPSA) is 29.1 Å². The Labute approximate surface area is 140 Å². The zero-order valence-electron chi connectivity index (χ0n) is 11.6. The first-order valence-corrected chi connectivity index (χ1v) is 7.98. The summed E-state index contributed by atoms with van der Waals surface area (Å²) in [4.78, 5) is 12.2. The van der Waals surface area contributed by atoms with E-state index < -0.39 is 0 Å². The van der Waals surface area contributed by atoms with E-state index in [0.29, 0.717) is 11.1 Å². The van der Waals surface area contributed by atoms with E-state index in [4.69, 9.17) is 0 Å². The van der Waals surface area contributed by atoms with Gasteiger partial charge in [0.25, 0.3) is 5.91 Å². The predicted octanol–water partition coefficient (Wildman–Crippen LogP) is 5.15. The van der Waals surface area contributed by atoms with Gasteiger partial charge in [0.2, 0.25) is 0 Å². The molecule has 0 aliphatic rings. The van der Waals surface area contributed by atoms with E-state index in [1.807, 2.05) is 19.1 Å². The number of halogens is 3. The number of benzene rings is 2. The van der Waals surface area contributed by atoms with Gasteiger partial charge in [0.05, 0.1) is 6.04 Å². The number of carbonyl (C=O) groups is 1. The molecule has 0 bridgehead atoms. The van der Waals surface area contributed by atoms with Crippen molar-refractivity contribution in [3.8, 4) is 0 Å². The van der Waals surface area contributed by atoms with E-state index in [1.165, 1.54) is 6.07 Å². The third-order valence-electron chi connectivity index (χ3n) is 3.17. The average Bonchev–Trinajstić information content (AvgIpc) is 2.40. The van der Waals surface area contributed by atoms with Crippen LogP contribution in [0.25, 0.3) is 0 Å². The Morgan fingerprint density at radius 3 is 2.33 bits per heavy atom. The molecule has 0 aliphatic heterocycles. The van der Waals surface area contributed by atoms with Gasteiger partial charge in [-0.2, -0.15) is 0 Å². The molecule has 110 valence electrons. The molecule has 1 N–H and O–H groups in total. The average molecular weight is 415 g/mol. The highest BCUT2D eigenvalue weighted by molar-refractivity contribution is 9.11. The van der Waals surface area contributed by atoms with Gasteiger partial charge in [-0.25, -0.2) is 4.39 Å². The van der Waals surface area contributed by atoms with Crippen molar-refractivity contribution in [3.05, 3.63) is 67.9 Å². The number of amides is 1. The maximum absolute atomic E-state index is 13.6. The van der Waals surface area contributed by atoms with Crippen molar-refractivity contribution in [2.45, 2.75) is 19.9 Å². The van der Waals surface area contributed by atoms with Gasteiger partial charge >= 0.3 is 0 Å². The molecular weight excluding hydrogens is 401 g/mol. The second-order valence-corrected chi connectivity index (χ2v) is 6.69. The molecule has 2 aromatic carbocycles. The van der Waals surface area contributed by atoms with Gasteiger partial charge in [0.1, 0.15) is 5.82 Å². The van der Waals surface area contributed by atoms with Gasteiger partial charge in [0, 0.05) is 14.5 Å². The van der Waals surface area contributed by atoms with Crippen molar-refractivity contribution in [3.63, 3.8) is 0 Å². The lowest BCUT2D eigenvalue weighted by atomic mass is 10.1. The molecule has 2 rings (SSSR count). The molecule has 2 aromatic rings. The van der Waals surface area contributed by atoms with Crippen molar-refractivity contribution in [2.24, 2.45) is 0 Å². The third kappa shape index (κ3) is 4.14. The zero-order valence-corrected chi connectivity index (χ0v) is 14.8. The lowest BCUT2D eigenvalue weighted by Gasteiger charge is -2.15. The molecule has 0 aromatic heterocycles. The highest BCUT2D eigenvalue weighted by Crippen LogP contribution is 2.21. The third-order valence-corrected chi connectivity index (χ3v) is 4.08. The van der Waals surface area contributed by atoms with Crippen LogP contribution in [0.1, 0.15) is 34.5 Å². The second-order valence-electron chi connectivity index (χ2n) is 4.86. The molecule has 21 heavy (non-hydrogen) atoms. The lowest BCUT2D eigenvalue weighted by molar-refractivity contribution is 0.0939. The van der Waals surface area contributed by atoms with Crippen LogP contribution in [0.4, 0.5) is 4.39 Å². The molecule has 1 amide bonds. The first-order chi connectivity index (χ1) is 9.86. The fourth-order valence-corrected chi connectivity index (χ4v) is 3.22. The van der Waals surface area contributed by atoms with Crippen molar-refractivity contribution < 1.29 is 9.18 Å². The van der Waals surface area contributed by atoms with Crippen LogP contribution in [0, 0.1) is 12.7 Å². The highest BCUT2D eigenvalue weighted by Gasteiger charge is 2.13. The Morgan fingerprint density at radius 2 is 1.76 bits per heavy atom. The number of rotatable bonds is 3. The Morgan fingerprint density at radius 1 is 1.14 bits per heavy atom. The lowest BCUT2D eigenvalue weighted by Crippen LogP contribution is -2.26. The Kier molecular flexibility index (Phi) is 5.17. The van der Waals surface area contributed by atoms with Crippen LogP contribution >= 0.6 is 31.9 Å². The summed E-state index contributed by atoms with van der Waals surface area (Å²) in [6, 6.07) is 10.0. The summed E-state index contributed by atoms with van der Waals surface area (Å²) >= 11 is 6.70. The fourth-order valence-electron chi connectivity index (χ4n) is 1.93. The number of hydrogen-bond acceptors (Lipinski definition) is 1. The van der Waals surface area contributed by atoms with Crippen molar-refractivity contribution in [1.82, 2.24) is 5.32 Å². The molecule has 1 atom stereocenters. The fraction of sp³-hybridized carbons (Fsp3) is 0.188. The quantitative estimate of drug-likeness (QED) is 0.739. The molecule has 5 heteroatoms. The molecule has 0 spiro atoms. The van der Waals surface area contributed by atoms with Gasteiger partial charge in [0.15, 0.2) is 0 Å². The summed E-state index contributed by atoms with van der Waals surface area (Å²) in [5.41, 5.74) is 1.87. The van der Waals surface area contributed by atoms with Crippen LogP contribution < -0.4 is 5.32 Å². The molecule has 0 saturated carbocycles. The molecule has 0 heterocycles. The van der Waals surface area contributed by atoms with Crippen LogP contribution in [0.15, 0.2) is 45.3 Å². The number of hydrogen-bond donors (Lipinski definition) is 1. The summed E-state index contributed by atoms with van der Waals surface area (Å²) < 4.78 is 15.2. The molecule has 0 radical (unpaired) electrons. The van der Waals surface area contributed by atoms with Crippen LogP contribution in [0.2, 0.25) is 0 Å². The maximum Gasteiger partial charge on any atom is 0.251 e. The largest absolute Gasteiger partial charge is 0.346 e. The molecule has 1 unspecified atom stereocenters. The molecular formula is C16H14Br2FNO. The van der Waals surface area contributed by atoms with E-state index in [2.05, 4.69) is 37.2 Å². The Hall–Kier alpha value is -1.20. The SMILES string of the molecule is Cc1ccc(C(C)NC(=O)c2cc(Br)cc(Br)c2)cc1F. The van der Waals surface area contributed by atoms with E-state index in [0.717, 1.165) is 14.5 Å². The Balaban J connectivity index is 2.16. The standard InChI is InChI=1S/C16H14Br2FNO/c1-9-3-4-11(7-15(9)19)10(2)20-16(21)12-5-13(17)8-14(18)6-12/h3-8,10H,1-2H3,(H,20,21). The van der Waals surface area contributed by atoms with Gasteiger partial charge in [-0.3, -0.25) is 4.79 Å². The molecule has 0 saturated heterocycles. The van der Waals surface area contributed by atoms with E-state index in [9.17, 15) is 9.18 Å². The first kappa shape index (κ1) is 16.2. The van der Waals surface area contributed by atoms with Gasteiger partial charge in [-0.1, -0.05) is 44.0 Å². The minimum atomic E-state index is -0.273.